The molecule has 0 aromatic heterocycles. The molecule has 0 radical (unpaired) electrons. The lowest BCUT2D eigenvalue weighted by atomic mass is 10.1. The predicted octanol–water partition coefficient (Wildman–Crippen LogP) is 5.16. The number of nitrogens with one attached hydrogen (secondary N) is 1. The number of amides is 1. The van der Waals surface area contributed by atoms with Crippen LogP contribution < -0.4 is 5.32 Å². The number of aryl methyl sites for hydroxylation is 1. The molecule has 1 amide bonds. The highest BCUT2D eigenvalue weighted by molar-refractivity contribution is 9.10. The minimum atomic E-state index is -0.114. The van der Waals surface area contributed by atoms with Crippen molar-refractivity contribution in [2.45, 2.75) is 6.92 Å². The van der Waals surface area contributed by atoms with Crippen molar-refractivity contribution in [3.05, 3.63) is 76.3 Å². The smallest absolute Gasteiger partial charge is 0.256 e. The van der Waals surface area contributed by atoms with Gasteiger partial charge in [0.1, 0.15) is 0 Å². The first kappa shape index (κ1) is 13.8. The van der Waals surface area contributed by atoms with Gasteiger partial charge in [-0.3, -0.25) is 4.79 Å². The lowest BCUT2D eigenvalue weighted by Crippen LogP contribution is -2.12. The van der Waals surface area contributed by atoms with E-state index in [4.69, 9.17) is 0 Å². The summed E-state index contributed by atoms with van der Waals surface area (Å²) in [6.07, 6.45) is 0. The maximum Gasteiger partial charge on any atom is 0.256 e. The van der Waals surface area contributed by atoms with Gasteiger partial charge in [-0.05, 0) is 63.5 Å². The van der Waals surface area contributed by atoms with Crippen molar-refractivity contribution in [3.63, 3.8) is 0 Å². The number of carbonyl (C=O) groups is 1. The summed E-state index contributed by atoms with van der Waals surface area (Å²) in [6, 6.07) is 19.7. The van der Waals surface area contributed by atoms with Crippen LogP contribution in [0.1, 0.15) is 15.9 Å². The van der Waals surface area contributed by atoms with Crippen LogP contribution in [0.3, 0.4) is 0 Å². The highest BCUT2D eigenvalue weighted by Crippen LogP contribution is 2.22. The Hall–Kier alpha value is -2.13. The largest absolute Gasteiger partial charge is 0.322 e. The van der Waals surface area contributed by atoms with Crippen molar-refractivity contribution in [3.8, 4) is 0 Å². The lowest BCUT2D eigenvalue weighted by Gasteiger charge is -2.08. The molecule has 0 atom stereocenters. The molecule has 0 saturated heterocycles. The van der Waals surface area contributed by atoms with Crippen LogP contribution in [0.15, 0.2) is 65.1 Å². The van der Waals surface area contributed by atoms with E-state index >= 15 is 0 Å². The van der Waals surface area contributed by atoms with Gasteiger partial charge in [0.05, 0.1) is 5.56 Å². The van der Waals surface area contributed by atoms with Crippen LogP contribution in [0.25, 0.3) is 10.8 Å². The fourth-order valence-electron chi connectivity index (χ4n) is 2.27. The molecule has 1 N–H and O–H groups in total. The van der Waals surface area contributed by atoms with Gasteiger partial charge in [0.15, 0.2) is 0 Å². The number of hydrogen-bond donors (Lipinski definition) is 1. The van der Waals surface area contributed by atoms with Gasteiger partial charge < -0.3 is 5.32 Å². The second kappa shape index (κ2) is 5.70. The normalized spacial score (nSPS) is 10.6. The SMILES string of the molecule is Cc1ccc(C(=O)Nc2ccc3ccccc3c2)c(Br)c1. The Bertz CT molecular complexity index is 826. The highest BCUT2D eigenvalue weighted by atomic mass is 79.9. The Morgan fingerprint density at radius 1 is 0.952 bits per heavy atom. The first-order valence-electron chi connectivity index (χ1n) is 6.70. The van der Waals surface area contributed by atoms with Gasteiger partial charge in [-0.25, -0.2) is 0 Å². The van der Waals surface area contributed by atoms with Gasteiger partial charge >= 0.3 is 0 Å². The average molecular weight is 340 g/mol. The van der Waals surface area contributed by atoms with Gasteiger partial charge in [0.2, 0.25) is 0 Å². The van der Waals surface area contributed by atoms with Gasteiger partial charge in [-0.2, -0.15) is 0 Å². The summed E-state index contributed by atoms with van der Waals surface area (Å²) >= 11 is 3.44. The van der Waals surface area contributed by atoms with E-state index in [0.29, 0.717) is 5.56 Å². The number of fused-ring (bicyclic) bond motifs is 1. The van der Waals surface area contributed by atoms with E-state index in [2.05, 4.69) is 27.3 Å². The van der Waals surface area contributed by atoms with Gasteiger partial charge in [-0.15, -0.1) is 0 Å². The van der Waals surface area contributed by atoms with E-state index in [1.807, 2.05) is 61.5 Å². The summed E-state index contributed by atoms with van der Waals surface area (Å²) in [6.45, 7) is 2.00. The van der Waals surface area contributed by atoms with Crippen LogP contribution in [-0.2, 0) is 0 Å². The number of benzene rings is 3. The standard InChI is InChI=1S/C18H14BrNO/c1-12-6-9-16(17(19)10-12)18(21)20-15-8-7-13-4-2-3-5-14(13)11-15/h2-11H,1H3,(H,20,21). The first-order valence-corrected chi connectivity index (χ1v) is 7.49. The molecule has 3 heteroatoms. The zero-order valence-electron chi connectivity index (χ0n) is 11.6. The Morgan fingerprint density at radius 3 is 2.48 bits per heavy atom. The second-order valence-corrected chi connectivity index (χ2v) is 5.85. The molecule has 0 heterocycles. The summed E-state index contributed by atoms with van der Waals surface area (Å²) in [5, 5.41) is 5.21. The van der Waals surface area contributed by atoms with E-state index in [1.165, 1.54) is 0 Å². The Morgan fingerprint density at radius 2 is 1.71 bits per heavy atom. The molecule has 0 spiro atoms. The zero-order valence-corrected chi connectivity index (χ0v) is 13.1. The molecule has 0 aliphatic rings. The van der Waals surface area contributed by atoms with Crippen molar-refractivity contribution in [2.24, 2.45) is 0 Å². The molecule has 0 fully saturated rings. The van der Waals surface area contributed by atoms with E-state index in [0.717, 1.165) is 26.5 Å². The fourth-order valence-corrected chi connectivity index (χ4v) is 2.94. The second-order valence-electron chi connectivity index (χ2n) is 5.00. The van der Waals surface area contributed by atoms with Gasteiger partial charge in [-0.1, -0.05) is 36.4 Å². The van der Waals surface area contributed by atoms with Gasteiger partial charge in [0.25, 0.3) is 5.91 Å². The molecule has 3 rings (SSSR count). The number of rotatable bonds is 2. The zero-order chi connectivity index (χ0) is 14.8. The quantitative estimate of drug-likeness (QED) is 0.686. The fraction of sp³-hybridized carbons (Fsp3) is 0.0556. The summed E-state index contributed by atoms with van der Waals surface area (Å²) in [4.78, 5) is 12.3. The Balaban J connectivity index is 1.89. The van der Waals surface area contributed by atoms with E-state index in [-0.39, 0.29) is 5.91 Å². The molecule has 0 saturated carbocycles. The summed E-state index contributed by atoms with van der Waals surface area (Å²) in [5.74, 6) is -0.114. The maximum absolute atomic E-state index is 12.3. The molecular formula is C18H14BrNO. The molecular weight excluding hydrogens is 326 g/mol. The minimum absolute atomic E-state index is 0.114. The summed E-state index contributed by atoms with van der Waals surface area (Å²) < 4.78 is 0.806. The average Bonchev–Trinajstić information content (AvgIpc) is 2.47. The molecule has 0 unspecified atom stereocenters. The number of hydrogen-bond acceptors (Lipinski definition) is 1. The molecule has 104 valence electrons. The van der Waals surface area contributed by atoms with Crippen molar-refractivity contribution in [1.82, 2.24) is 0 Å². The van der Waals surface area contributed by atoms with Crippen LogP contribution in [-0.4, -0.2) is 5.91 Å². The van der Waals surface area contributed by atoms with Crippen LogP contribution in [0, 0.1) is 6.92 Å². The molecule has 3 aromatic rings. The molecule has 0 aliphatic heterocycles. The van der Waals surface area contributed by atoms with Crippen molar-refractivity contribution < 1.29 is 4.79 Å². The molecule has 2 nitrogen and oxygen atoms in total. The number of anilines is 1. The third-order valence-corrected chi connectivity index (χ3v) is 4.03. The minimum Gasteiger partial charge on any atom is -0.322 e. The highest BCUT2D eigenvalue weighted by Gasteiger charge is 2.10. The van der Waals surface area contributed by atoms with Crippen LogP contribution in [0.5, 0.6) is 0 Å². The number of carbonyl (C=O) groups excluding carboxylic acids is 1. The van der Waals surface area contributed by atoms with Crippen LogP contribution in [0.4, 0.5) is 5.69 Å². The molecule has 0 bridgehead atoms. The van der Waals surface area contributed by atoms with Crippen molar-refractivity contribution >= 4 is 38.3 Å². The molecule has 0 aliphatic carbocycles. The van der Waals surface area contributed by atoms with Crippen molar-refractivity contribution in [1.29, 1.82) is 0 Å². The predicted molar refractivity (Wildman–Crippen MR) is 90.8 cm³/mol. The van der Waals surface area contributed by atoms with Crippen LogP contribution >= 0.6 is 15.9 Å². The van der Waals surface area contributed by atoms with E-state index in [1.54, 1.807) is 0 Å². The van der Waals surface area contributed by atoms with Gasteiger partial charge in [0, 0.05) is 10.2 Å². The van der Waals surface area contributed by atoms with E-state index in [9.17, 15) is 4.79 Å². The summed E-state index contributed by atoms with van der Waals surface area (Å²) in [5.41, 5.74) is 2.55. The Labute approximate surface area is 131 Å². The Kier molecular flexibility index (Phi) is 3.76. The maximum atomic E-state index is 12.3. The first-order chi connectivity index (χ1) is 10.1. The third kappa shape index (κ3) is 2.98. The molecule has 21 heavy (non-hydrogen) atoms. The molecule has 3 aromatic carbocycles. The monoisotopic (exact) mass is 339 g/mol. The number of halogens is 1. The lowest BCUT2D eigenvalue weighted by molar-refractivity contribution is 0.102. The van der Waals surface area contributed by atoms with Crippen LogP contribution in [0.2, 0.25) is 0 Å². The van der Waals surface area contributed by atoms with Crippen molar-refractivity contribution in [2.75, 3.05) is 5.32 Å². The van der Waals surface area contributed by atoms with E-state index < -0.39 is 0 Å². The third-order valence-electron chi connectivity index (χ3n) is 3.38. The summed E-state index contributed by atoms with van der Waals surface area (Å²) in [7, 11) is 0. The topological polar surface area (TPSA) is 29.1 Å².